The van der Waals surface area contributed by atoms with Crippen LogP contribution in [0.25, 0.3) is 0 Å². The predicted octanol–water partition coefficient (Wildman–Crippen LogP) is 4.72. The lowest BCUT2D eigenvalue weighted by Crippen LogP contribution is -1.88. The highest BCUT2D eigenvalue weighted by atomic mass is 16.3. The molecule has 0 saturated carbocycles. The number of rotatable bonds is 8. The van der Waals surface area contributed by atoms with Gasteiger partial charge in [0, 0.05) is 6.42 Å². The summed E-state index contributed by atoms with van der Waals surface area (Å²) in [5, 5.41) is 0. The van der Waals surface area contributed by atoms with Gasteiger partial charge in [-0.25, -0.2) is 4.98 Å². The SMILES string of the molecule is Cc1coc(CCCCCCCc2ccccc2)n1. The van der Waals surface area contributed by atoms with Crippen molar-refractivity contribution in [2.75, 3.05) is 0 Å². The third-order valence-electron chi connectivity index (χ3n) is 3.37. The maximum atomic E-state index is 5.34. The second kappa shape index (κ2) is 7.78. The number of hydrogen-bond donors (Lipinski definition) is 0. The molecule has 19 heavy (non-hydrogen) atoms. The first kappa shape index (κ1) is 13.9. The molecule has 2 nitrogen and oxygen atoms in total. The number of nitrogens with zero attached hydrogens (tertiary/aromatic N) is 1. The third kappa shape index (κ3) is 5.29. The fourth-order valence-corrected chi connectivity index (χ4v) is 2.30. The molecule has 0 fully saturated rings. The van der Waals surface area contributed by atoms with E-state index in [1.54, 1.807) is 6.26 Å². The molecule has 102 valence electrons. The van der Waals surface area contributed by atoms with Gasteiger partial charge in [-0.05, 0) is 31.7 Å². The lowest BCUT2D eigenvalue weighted by molar-refractivity contribution is 0.478. The molecule has 0 N–H and O–H groups in total. The second-order valence-electron chi connectivity index (χ2n) is 5.14. The Morgan fingerprint density at radius 2 is 1.58 bits per heavy atom. The fourth-order valence-electron chi connectivity index (χ4n) is 2.30. The van der Waals surface area contributed by atoms with E-state index in [1.165, 1.54) is 44.1 Å². The Morgan fingerprint density at radius 1 is 0.895 bits per heavy atom. The molecule has 0 aliphatic carbocycles. The minimum atomic E-state index is 0.891. The fraction of sp³-hybridized carbons (Fsp3) is 0.471. The quantitative estimate of drug-likeness (QED) is 0.640. The number of hydrogen-bond acceptors (Lipinski definition) is 2. The van der Waals surface area contributed by atoms with Crippen molar-refractivity contribution in [3.05, 3.63) is 53.7 Å². The lowest BCUT2D eigenvalue weighted by atomic mass is 10.1. The van der Waals surface area contributed by atoms with Gasteiger partial charge in [-0.2, -0.15) is 0 Å². The molecule has 0 aliphatic rings. The third-order valence-corrected chi connectivity index (χ3v) is 3.37. The summed E-state index contributed by atoms with van der Waals surface area (Å²) in [4.78, 5) is 4.32. The molecule has 1 heterocycles. The molecule has 0 unspecified atom stereocenters. The van der Waals surface area contributed by atoms with Crippen molar-refractivity contribution >= 4 is 0 Å². The van der Waals surface area contributed by atoms with Gasteiger partial charge in [-0.15, -0.1) is 0 Å². The molecule has 1 aromatic heterocycles. The molecular formula is C17H23NO. The van der Waals surface area contributed by atoms with E-state index in [0.717, 1.165) is 18.0 Å². The Morgan fingerprint density at radius 3 is 2.26 bits per heavy atom. The number of aryl methyl sites for hydroxylation is 3. The molecule has 0 bridgehead atoms. The summed E-state index contributed by atoms with van der Waals surface area (Å²) in [5.74, 6) is 0.891. The molecule has 0 spiro atoms. The minimum Gasteiger partial charge on any atom is -0.449 e. The Bertz CT molecular complexity index is 461. The monoisotopic (exact) mass is 257 g/mol. The highest BCUT2D eigenvalue weighted by Gasteiger charge is 2.00. The van der Waals surface area contributed by atoms with E-state index < -0.39 is 0 Å². The first-order valence-corrected chi connectivity index (χ1v) is 7.29. The zero-order valence-corrected chi connectivity index (χ0v) is 11.8. The van der Waals surface area contributed by atoms with Crippen molar-refractivity contribution in [3.8, 4) is 0 Å². The van der Waals surface area contributed by atoms with Crippen LogP contribution < -0.4 is 0 Å². The van der Waals surface area contributed by atoms with E-state index in [0.29, 0.717) is 0 Å². The number of unbranched alkanes of at least 4 members (excludes halogenated alkanes) is 4. The van der Waals surface area contributed by atoms with Crippen molar-refractivity contribution < 1.29 is 4.42 Å². The van der Waals surface area contributed by atoms with Gasteiger partial charge < -0.3 is 4.42 Å². The molecule has 0 radical (unpaired) electrons. The highest BCUT2D eigenvalue weighted by Crippen LogP contribution is 2.11. The van der Waals surface area contributed by atoms with Gasteiger partial charge in [-0.1, -0.05) is 49.6 Å². The Labute approximate surface area is 115 Å². The van der Waals surface area contributed by atoms with Crippen LogP contribution in [0, 0.1) is 6.92 Å². The van der Waals surface area contributed by atoms with Crippen LogP contribution >= 0.6 is 0 Å². The summed E-state index contributed by atoms with van der Waals surface area (Å²) >= 11 is 0. The Kier molecular flexibility index (Phi) is 5.67. The summed E-state index contributed by atoms with van der Waals surface area (Å²) < 4.78 is 5.34. The van der Waals surface area contributed by atoms with Crippen molar-refractivity contribution in [2.24, 2.45) is 0 Å². The van der Waals surface area contributed by atoms with Gasteiger partial charge in [0.2, 0.25) is 0 Å². The summed E-state index contributed by atoms with van der Waals surface area (Å²) in [6, 6.07) is 10.7. The summed E-state index contributed by atoms with van der Waals surface area (Å²) in [5.41, 5.74) is 2.44. The summed E-state index contributed by atoms with van der Waals surface area (Å²) in [6.45, 7) is 1.97. The number of benzene rings is 1. The first-order valence-electron chi connectivity index (χ1n) is 7.29. The van der Waals surface area contributed by atoms with Gasteiger partial charge in [0.05, 0.1) is 5.69 Å². The van der Waals surface area contributed by atoms with Crippen LogP contribution in [0.5, 0.6) is 0 Å². The lowest BCUT2D eigenvalue weighted by Gasteiger charge is -2.01. The molecule has 0 amide bonds. The number of aromatic nitrogens is 1. The molecular weight excluding hydrogens is 234 g/mol. The Balaban J connectivity index is 1.48. The molecule has 0 saturated heterocycles. The van der Waals surface area contributed by atoms with E-state index in [-0.39, 0.29) is 0 Å². The van der Waals surface area contributed by atoms with Gasteiger partial charge in [0.15, 0.2) is 5.89 Å². The van der Waals surface area contributed by atoms with E-state index in [9.17, 15) is 0 Å². The van der Waals surface area contributed by atoms with Gasteiger partial charge in [0.25, 0.3) is 0 Å². The van der Waals surface area contributed by atoms with Crippen LogP contribution in [-0.2, 0) is 12.8 Å². The second-order valence-corrected chi connectivity index (χ2v) is 5.14. The zero-order valence-electron chi connectivity index (χ0n) is 11.8. The molecule has 0 atom stereocenters. The van der Waals surface area contributed by atoms with E-state index in [4.69, 9.17) is 4.42 Å². The smallest absolute Gasteiger partial charge is 0.194 e. The zero-order chi connectivity index (χ0) is 13.3. The summed E-state index contributed by atoms with van der Waals surface area (Å²) in [6.07, 6.45) is 10.3. The van der Waals surface area contributed by atoms with Crippen LogP contribution in [0.4, 0.5) is 0 Å². The highest BCUT2D eigenvalue weighted by molar-refractivity contribution is 5.14. The molecule has 1 aromatic carbocycles. The van der Waals surface area contributed by atoms with Crippen LogP contribution in [0.1, 0.15) is 49.3 Å². The first-order chi connectivity index (χ1) is 9.34. The Hall–Kier alpha value is -1.57. The van der Waals surface area contributed by atoms with Gasteiger partial charge >= 0.3 is 0 Å². The minimum absolute atomic E-state index is 0.891. The van der Waals surface area contributed by atoms with Crippen molar-refractivity contribution in [1.82, 2.24) is 4.98 Å². The van der Waals surface area contributed by atoms with Crippen LogP contribution in [0.15, 0.2) is 41.0 Å². The van der Waals surface area contributed by atoms with E-state index in [2.05, 4.69) is 35.3 Å². The van der Waals surface area contributed by atoms with Crippen LogP contribution in [0.3, 0.4) is 0 Å². The number of oxazole rings is 1. The maximum Gasteiger partial charge on any atom is 0.194 e. The molecule has 2 aromatic rings. The van der Waals surface area contributed by atoms with E-state index >= 15 is 0 Å². The van der Waals surface area contributed by atoms with Gasteiger partial charge in [0.1, 0.15) is 6.26 Å². The average Bonchev–Trinajstić information content (AvgIpc) is 2.85. The van der Waals surface area contributed by atoms with Crippen molar-refractivity contribution in [1.29, 1.82) is 0 Å². The van der Waals surface area contributed by atoms with Gasteiger partial charge in [-0.3, -0.25) is 0 Å². The molecule has 2 heteroatoms. The predicted molar refractivity (Wildman–Crippen MR) is 78.2 cm³/mol. The largest absolute Gasteiger partial charge is 0.449 e. The molecule has 2 rings (SSSR count). The van der Waals surface area contributed by atoms with Crippen molar-refractivity contribution in [2.45, 2.75) is 51.9 Å². The molecule has 0 aliphatic heterocycles. The normalized spacial score (nSPS) is 10.8. The summed E-state index contributed by atoms with van der Waals surface area (Å²) in [7, 11) is 0. The van der Waals surface area contributed by atoms with Crippen molar-refractivity contribution in [3.63, 3.8) is 0 Å². The van der Waals surface area contributed by atoms with Crippen LogP contribution in [0.2, 0.25) is 0 Å². The van der Waals surface area contributed by atoms with E-state index in [1.807, 2.05) is 6.92 Å². The topological polar surface area (TPSA) is 26.0 Å². The average molecular weight is 257 g/mol. The maximum absolute atomic E-state index is 5.34. The van der Waals surface area contributed by atoms with Crippen LogP contribution in [-0.4, -0.2) is 4.98 Å². The standard InChI is InChI=1S/C17H23NO/c1-15-14-19-17(18-15)13-9-4-2-3-6-10-16-11-7-5-8-12-16/h5,7-8,11-12,14H,2-4,6,9-10,13H2,1H3.